The van der Waals surface area contributed by atoms with Crippen LogP contribution >= 0.6 is 27.5 Å². The topological polar surface area (TPSA) is 47.3 Å². The van der Waals surface area contributed by atoms with Crippen LogP contribution in [0.15, 0.2) is 16.6 Å². The van der Waals surface area contributed by atoms with Crippen LogP contribution in [-0.4, -0.2) is 29.3 Å². The quantitative estimate of drug-likeness (QED) is 0.888. The van der Waals surface area contributed by atoms with E-state index in [1.807, 2.05) is 11.0 Å². The lowest BCUT2D eigenvalue weighted by Gasteiger charge is -2.33. The molecule has 0 radical (unpaired) electrons. The first-order valence-electron chi connectivity index (χ1n) is 6.41. The van der Waals surface area contributed by atoms with Crippen molar-refractivity contribution in [3.63, 3.8) is 0 Å². The number of phenols is 1. The number of phenolic OH excluding ortho intramolecular Hbond substituents is 1. The minimum atomic E-state index is -0.980. The summed E-state index contributed by atoms with van der Waals surface area (Å²) in [6.45, 7) is 1.54. The van der Waals surface area contributed by atoms with Gasteiger partial charge in [-0.2, -0.15) is 5.26 Å². The highest BCUT2D eigenvalue weighted by molar-refractivity contribution is 9.10. The Morgan fingerprint density at radius 2 is 2.30 bits per heavy atom. The molecule has 2 unspecified atom stereocenters. The summed E-state index contributed by atoms with van der Waals surface area (Å²) in [6.07, 6.45) is -0.0322. The van der Waals surface area contributed by atoms with Gasteiger partial charge in [-0.1, -0.05) is 11.6 Å². The second kappa shape index (κ2) is 6.75. The van der Waals surface area contributed by atoms with E-state index in [0.29, 0.717) is 29.0 Å². The highest BCUT2D eigenvalue weighted by Gasteiger charge is 2.29. The number of benzene rings is 1. The number of halogens is 3. The molecule has 1 aromatic carbocycles. The number of rotatable bonds is 3. The zero-order chi connectivity index (χ0) is 14.7. The lowest BCUT2D eigenvalue weighted by molar-refractivity contribution is 0.0821. The van der Waals surface area contributed by atoms with Gasteiger partial charge in [0.05, 0.1) is 10.5 Å². The van der Waals surface area contributed by atoms with Gasteiger partial charge in [0.15, 0.2) is 0 Å². The molecule has 1 aliphatic rings. The number of piperidine rings is 1. The van der Waals surface area contributed by atoms with E-state index in [2.05, 4.69) is 15.9 Å². The number of nitrogens with zero attached hydrogens (tertiary/aromatic N) is 2. The fourth-order valence-corrected chi connectivity index (χ4v) is 3.15. The van der Waals surface area contributed by atoms with Crippen LogP contribution in [0.1, 0.15) is 18.4 Å². The average Bonchev–Trinajstić information content (AvgIpc) is 2.39. The van der Waals surface area contributed by atoms with Crippen molar-refractivity contribution in [1.82, 2.24) is 4.90 Å². The van der Waals surface area contributed by atoms with Crippen LogP contribution in [-0.2, 0) is 6.54 Å². The molecule has 0 amide bonds. The molecule has 1 N–H and O–H groups in total. The molecule has 1 aliphatic heterocycles. The molecule has 20 heavy (non-hydrogen) atoms. The number of hydrogen-bond acceptors (Lipinski definition) is 3. The van der Waals surface area contributed by atoms with Gasteiger partial charge >= 0.3 is 0 Å². The van der Waals surface area contributed by atoms with Crippen LogP contribution in [0.3, 0.4) is 0 Å². The molecule has 0 aliphatic carbocycles. The van der Waals surface area contributed by atoms with Gasteiger partial charge < -0.3 is 5.11 Å². The maximum absolute atomic E-state index is 13.9. The summed E-state index contributed by atoms with van der Waals surface area (Å²) in [4.78, 5) is 1.97. The summed E-state index contributed by atoms with van der Waals surface area (Å²) in [5.41, 5.74) is 0.776. The van der Waals surface area contributed by atoms with Crippen LogP contribution in [0, 0.1) is 17.2 Å². The lowest BCUT2D eigenvalue weighted by atomic mass is 9.92. The number of aromatic hydroxyl groups is 1. The Balaban J connectivity index is 2.02. The standard InChI is InChI=1S/C14H15BrClFN2O/c15-11-6-12(16)10(5-14(11)20)7-19-4-2-9(1-3-18)13(17)8-19/h5-6,9,13,20H,1-2,4,7-8H2. The third kappa shape index (κ3) is 3.63. The average molecular weight is 362 g/mol. The fraction of sp³-hybridized carbons (Fsp3) is 0.500. The molecular formula is C14H15BrClFN2O. The third-order valence-electron chi connectivity index (χ3n) is 3.62. The molecular weight excluding hydrogens is 347 g/mol. The first-order chi connectivity index (χ1) is 9.51. The van der Waals surface area contributed by atoms with E-state index in [0.717, 1.165) is 12.1 Å². The van der Waals surface area contributed by atoms with Crippen molar-refractivity contribution >= 4 is 27.5 Å². The van der Waals surface area contributed by atoms with Gasteiger partial charge in [0, 0.05) is 30.5 Å². The van der Waals surface area contributed by atoms with E-state index in [9.17, 15) is 9.50 Å². The summed E-state index contributed by atoms with van der Waals surface area (Å²) in [6, 6.07) is 5.28. The summed E-state index contributed by atoms with van der Waals surface area (Å²) in [5, 5.41) is 18.9. The first kappa shape index (κ1) is 15.6. The molecule has 0 bridgehead atoms. The monoisotopic (exact) mass is 360 g/mol. The van der Waals surface area contributed by atoms with Crippen molar-refractivity contribution in [3.8, 4) is 11.8 Å². The number of alkyl halides is 1. The summed E-state index contributed by atoms with van der Waals surface area (Å²) < 4.78 is 14.5. The molecule has 108 valence electrons. The van der Waals surface area contributed by atoms with Gasteiger partial charge in [-0.3, -0.25) is 4.90 Å². The molecule has 1 saturated heterocycles. The van der Waals surface area contributed by atoms with Crippen molar-refractivity contribution < 1.29 is 9.50 Å². The Morgan fingerprint density at radius 1 is 1.55 bits per heavy atom. The SMILES string of the molecule is N#CCC1CCN(Cc2cc(O)c(Br)cc2Cl)CC1F. The van der Waals surface area contributed by atoms with E-state index in [-0.39, 0.29) is 18.1 Å². The van der Waals surface area contributed by atoms with Crippen molar-refractivity contribution in [1.29, 1.82) is 5.26 Å². The largest absolute Gasteiger partial charge is 0.507 e. The molecule has 0 spiro atoms. The number of likely N-dealkylation sites (tertiary alicyclic amines) is 1. The van der Waals surface area contributed by atoms with Gasteiger partial charge in [-0.25, -0.2) is 4.39 Å². The molecule has 0 saturated carbocycles. The maximum atomic E-state index is 13.9. The molecule has 1 fully saturated rings. The van der Waals surface area contributed by atoms with Crippen LogP contribution in [0.4, 0.5) is 4.39 Å². The van der Waals surface area contributed by atoms with Crippen molar-refractivity contribution in [2.75, 3.05) is 13.1 Å². The highest BCUT2D eigenvalue weighted by Crippen LogP contribution is 2.32. The van der Waals surface area contributed by atoms with Gasteiger partial charge in [-0.15, -0.1) is 0 Å². The van der Waals surface area contributed by atoms with E-state index in [1.165, 1.54) is 0 Å². The predicted octanol–water partition coefficient (Wildman–Crippen LogP) is 3.88. The normalized spacial score (nSPS) is 23.5. The maximum Gasteiger partial charge on any atom is 0.130 e. The zero-order valence-corrected chi connectivity index (χ0v) is 13.2. The van der Waals surface area contributed by atoms with E-state index < -0.39 is 6.17 Å². The smallest absolute Gasteiger partial charge is 0.130 e. The van der Waals surface area contributed by atoms with Gasteiger partial charge in [-0.05, 0) is 46.6 Å². The number of hydrogen-bond donors (Lipinski definition) is 1. The molecule has 1 aromatic rings. The van der Waals surface area contributed by atoms with Crippen molar-refractivity contribution in [2.24, 2.45) is 5.92 Å². The number of nitriles is 1. The fourth-order valence-electron chi connectivity index (χ4n) is 2.45. The Hall–Kier alpha value is -0.830. The summed E-state index contributed by atoms with van der Waals surface area (Å²) >= 11 is 9.33. The Labute approximate surface area is 131 Å². The minimum absolute atomic E-state index is 0.126. The second-order valence-corrected chi connectivity index (χ2v) is 6.32. The van der Waals surface area contributed by atoms with Crippen LogP contribution in [0.5, 0.6) is 5.75 Å². The minimum Gasteiger partial charge on any atom is -0.507 e. The molecule has 2 atom stereocenters. The van der Waals surface area contributed by atoms with E-state index in [1.54, 1.807) is 12.1 Å². The molecule has 6 heteroatoms. The van der Waals surface area contributed by atoms with Gasteiger partial charge in [0.2, 0.25) is 0 Å². The third-order valence-corrected chi connectivity index (χ3v) is 4.61. The predicted molar refractivity (Wildman–Crippen MR) is 79.3 cm³/mol. The zero-order valence-electron chi connectivity index (χ0n) is 10.8. The highest BCUT2D eigenvalue weighted by atomic mass is 79.9. The lowest BCUT2D eigenvalue weighted by Crippen LogP contribution is -2.41. The van der Waals surface area contributed by atoms with Crippen LogP contribution < -0.4 is 0 Å². The summed E-state index contributed by atoms with van der Waals surface area (Å²) in [5.74, 6) is -0.0365. The van der Waals surface area contributed by atoms with Crippen molar-refractivity contribution in [3.05, 3.63) is 27.2 Å². The Kier molecular flexibility index (Phi) is 5.25. The van der Waals surface area contributed by atoms with E-state index in [4.69, 9.17) is 16.9 Å². The van der Waals surface area contributed by atoms with Gasteiger partial charge in [0.1, 0.15) is 11.9 Å². The Bertz CT molecular complexity index is 535. The molecule has 1 heterocycles. The van der Waals surface area contributed by atoms with Crippen LogP contribution in [0.25, 0.3) is 0 Å². The second-order valence-electron chi connectivity index (χ2n) is 5.06. The molecule has 3 nitrogen and oxygen atoms in total. The van der Waals surface area contributed by atoms with Crippen molar-refractivity contribution in [2.45, 2.75) is 25.6 Å². The Morgan fingerprint density at radius 3 is 2.95 bits per heavy atom. The van der Waals surface area contributed by atoms with Gasteiger partial charge in [0.25, 0.3) is 0 Å². The van der Waals surface area contributed by atoms with Crippen LogP contribution in [0.2, 0.25) is 5.02 Å². The first-order valence-corrected chi connectivity index (χ1v) is 7.58. The van der Waals surface area contributed by atoms with E-state index >= 15 is 0 Å². The molecule has 0 aromatic heterocycles. The molecule has 2 rings (SSSR count). The summed E-state index contributed by atoms with van der Waals surface area (Å²) in [7, 11) is 0.